The van der Waals surface area contributed by atoms with Crippen LogP contribution in [-0.2, 0) is 13.0 Å². The van der Waals surface area contributed by atoms with Gasteiger partial charge in [0.1, 0.15) is 0 Å². The van der Waals surface area contributed by atoms with Crippen molar-refractivity contribution in [3.8, 4) is 0 Å². The van der Waals surface area contributed by atoms with Gasteiger partial charge in [-0.3, -0.25) is 0 Å². The summed E-state index contributed by atoms with van der Waals surface area (Å²) in [7, 11) is 0. The minimum absolute atomic E-state index is 0.640. The molecule has 2 nitrogen and oxygen atoms in total. The lowest BCUT2D eigenvalue weighted by atomic mass is 10.1. The minimum atomic E-state index is 0.640. The van der Waals surface area contributed by atoms with Crippen LogP contribution in [0.15, 0.2) is 60.7 Å². The summed E-state index contributed by atoms with van der Waals surface area (Å²) in [6.07, 6.45) is 2.43. The Bertz CT molecular complexity index is 468. The third-order valence-electron chi connectivity index (χ3n) is 3.63. The molecule has 0 atom stereocenters. The quantitative estimate of drug-likeness (QED) is 0.833. The van der Waals surface area contributed by atoms with Crippen molar-refractivity contribution in [2.45, 2.75) is 33.2 Å². The predicted octanol–water partition coefficient (Wildman–Crippen LogP) is 4.11. The van der Waals surface area contributed by atoms with Crippen molar-refractivity contribution in [3.05, 3.63) is 71.8 Å². The highest BCUT2D eigenvalue weighted by Gasteiger charge is 2.00. The summed E-state index contributed by atoms with van der Waals surface area (Å²) < 4.78 is 0. The molecule has 0 fully saturated rings. The van der Waals surface area contributed by atoms with Crippen LogP contribution in [0.3, 0.4) is 0 Å². The Balaban J connectivity index is 0.000000255. The Morgan fingerprint density at radius 2 is 1.32 bits per heavy atom. The molecule has 0 aliphatic rings. The second-order valence-corrected chi connectivity index (χ2v) is 5.36. The molecule has 0 saturated heterocycles. The van der Waals surface area contributed by atoms with E-state index in [0.717, 1.165) is 0 Å². The van der Waals surface area contributed by atoms with Gasteiger partial charge in [0.2, 0.25) is 0 Å². The molecule has 2 aromatic carbocycles. The molecule has 0 heterocycles. The summed E-state index contributed by atoms with van der Waals surface area (Å²) in [6.45, 7) is 8.70. The van der Waals surface area contributed by atoms with E-state index in [-0.39, 0.29) is 0 Å². The highest BCUT2D eigenvalue weighted by atomic mass is 15.1. The zero-order valence-electron chi connectivity index (χ0n) is 14.0. The van der Waals surface area contributed by atoms with E-state index < -0.39 is 0 Å². The van der Waals surface area contributed by atoms with Gasteiger partial charge in [0.25, 0.3) is 0 Å². The lowest BCUT2D eigenvalue weighted by Gasteiger charge is -2.19. The van der Waals surface area contributed by atoms with Crippen molar-refractivity contribution >= 4 is 0 Å². The molecule has 0 aliphatic heterocycles. The van der Waals surface area contributed by atoms with Gasteiger partial charge in [-0.25, -0.2) is 0 Å². The van der Waals surface area contributed by atoms with Gasteiger partial charge < -0.3 is 10.6 Å². The number of benzene rings is 2. The van der Waals surface area contributed by atoms with E-state index >= 15 is 0 Å². The summed E-state index contributed by atoms with van der Waals surface area (Å²) in [5.41, 5.74) is 7.98. The maximum absolute atomic E-state index is 5.35. The first kappa shape index (κ1) is 18.4. The van der Waals surface area contributed by atoms with E-state index in [1.807, 2.05) is 30.3 Å². The van der Waals surface area contributed by atoms with Gasteiger partial charge in [-0.05, 0) is 37.1 Å². The normalized spacial score (nSPS) is 10.2. The van der Waals surface area contributed by atoms with E-state index in [1.165, 1.54) is 43.6 Å². The molecule has 0 amide bonds. The number of hydrogen-bond acceptors (Lipinski definition) is 2. The largest absolute Gasteiger partial charge is 0.326 e. The summed E-state index contributed by atoms with van der Waals surface area (Å²) in [5.74, 6) is 0. The highest BCUT2D eigenvalue weighted by Crippen LogP contribution is 2.01. The van der Waals surface area contributed by atoms with Crippen molar-refractivity contribution < 1.29 is 0 Å². The number of likely N-dealkylation sites (N-methyl/N-ethyl adjacent to an activating group) is 1. The Morgan fingerprint density at radius 3 is 1.73 bits per heavy atom. The van der Waals surface area contributed by atoms with Crippen LogP contribution in [0.1, 0.15) is 31.4 Å². The topological polar surface area (TPSA) is 29.3 Å². The molecular weight excluding hydrogens is 268 g/mol. The summed E-state index contributed by atoms with van der Waals surface area (Å²) >= 11 is 0. The van der Waals surface area contributed by atoms with E-state index in [2.05, 4.69) is 49.1 Å². The Kier molecular flexibility index (Phi) is 10.0. The second-order valence-electron chi connectivity index (χ2n) is 5.36. The van der Waals surface area contributed by atoms with Crippen LogP contribution in [0, 0.1) is 0 Å². The standard InChI is InChI=1S/C13H21N.C7H9N/c1-3-11-14(4-2)12-10-13-8-6-5-7-9-13;8-6-7-4-2-1-3-5-7/h5-9H,3-4,10-12H2,1-2H3;1-5H,6,8H2. The van der Waals surface area contributed by atoms with Crippen LogP contribution in [0.4, 0.5) is 0 Å². The molecule has 2 N–H and O–H groups in total. The molecular formula is C20H30N2. The third kappa shape index (κ3) is 7.96. The maximum Gasteiger partial charge on any atom is 0.0178 e. The van der Waals surface area contributed by atoms with Gasteiger partial charge in [-0.15, -0.1) is 0 Å². The lowest BCUT2D eigenvalue weighted by Crippen LogP contribution is -2.26. The smallest absolute Gasteiger partial charge is 0.0178 e. The maximum atomic E-state index is 5.35. The zero-order valence-corrected chi connectivity index (χ0v) is 14.0. The molecule has 0 aliphatic carbocycles. The van der Waals surface area contributed by atoms with Crippen molar-refractivity contribution in [3.63, 3.8) is 0 Å². The van der Waals surface area contributed by atoms with Crippen LogP contribution in [-0.4, -0.2) is 24.5 Å². The average Bonchev–Trinajstić information content (AvgIpc) is 2.61. The first-order valence-electron chi connectivity index (χ1n) is 8.30. The number of hydrogen-bond donors (Lipinski definition) is 1. The number of nitrogens with two attached hydrogens (primary N) is 1. The molecule has 0 unspecified atom stereocenters. The molecule has 0 spiro atoms. The SMILES string of the molecule is CCCN(CC)CCc1ccccc1.NCc1ccccc1. The molecule has 0 bridgehead atoms. The minimum Gasteiger partial charge on any atom is -0.326 e. The fourth-order valence-electron chi connectivity index (χ4n) is 2.29. The van der Waals surface area contributed by atoms with Crippen LogP contribution >= 0.6 is 0 Å². The fraction of sp³-hybridized carbons (Fsp3) is 0.400. The Hall–Kier alpha value is -1.64. The summed E-state index contributed by atoms with van der Waals surface area (Å²) in [4.78, 5) is 2.51. The Labute approximate surface area is 136 Å². The van der Waals surface area contributed by atoms with Gasteiger partial charge in [0.05, 0.1) is 0 Å². The number of rotatable bonds is 7. The van der Waals surface area contributed by atoms with Gasteiger partial charge in [-0.1, -0.05) is 74.5 Å². The zero-order chi connectivity index (χ0) is 16.0. The van der Waals surface area contributed by atoms with Gasteiger partial charge >= 0.3 is 0 Å². The van der Waals surface area contributed by atoms with Crippen molar-refractivity contribution in [2.24, 2.45) is 5.73 Å². The van der Waals surface area contributed by atoms with Crippen LogP contribution in [0.5, 0.6) is 0 Å². The molecule has 0 saturated carbocycles. The molecule has 2 aromatic rings. The highest BCUT2D eigenvalue weighted by molar-refractivity contribution is 5.15. The molecule has 2 rings (SSSR count). The molecule has 120 valence electrons. The van der Waals surface area contributed by atoms with Crippen molar-refractivity contribution in [2.75, 3.05) is 19.6 Å². The van der Waals surface area contributed by atoms with Crippen LogP contribution < -0.4 is 5.73 Å². The van der Waals surface area contributed by atoms with Crippen molar-refractivity contribution in [1.82, 2.24) is 4.90 Å². The fourth-order valence-corrected chi connectivity index (χ4v) is 2.29. The Morgan fingerprint density at radius 1 is 0.773 bits per heavy atom. The summed E-state index contributed by atoms with van der Waals surface area (Å²) in [6, 6.07) is 20.7. The van der Waals surface area contributed by atoms with Gasteiger partial charge in [0, 0.05) is 13.1 Å². The monoisotopic (exact) mass is 298 g/mol. The van der Waals surface area contributed by atoms with Gasteiger partial charge in [-0.2, -0.15) is 0 Å². The van der Waals surface area contributed by atoms with Crippen molar-refractivity contribution in [1.29, 1.82) is 0 Å². The second kappa shape index (κ2) is 12.0. The third-order valence-corrected chi connectivity index (χ3v) is 3.63. The number of nitrogens with zero attached hydrogens (tertiary/aromatic N) is 1. The van der Waals surface area contributed by atoms with Gasteiger partial charge in [0.15, 0.2) is 0 Å². The molecule has 0 radical (unpaired) electrons. The lowest BCUT2D eigenvalue weighted by molar-refractivity contribution is 0.292. The first-order valence-corrected chi connectivity index (χ1v) is 8.30. The molecule has 22 heavy (non-hydrogen) atoms. The van der Waals surface area contributed by atoms with E-state index in [9.17, 15) is 0 Å². The average molecular weight is 298 g/mol. The van der Waals surface area contributed by atoms with Crippen LogP contribution in [0.2, 0.25) is 0 Å². The van der Waals surface area contributed by atoms with E-state index in [4.69, 9.17) is 5.73 Å². The molecule has 0 aromatic heterocycles. The predicted molar refractivity (Wildman–Crippen MR) is 96.9 cm³/mol. The summed E-state index contributed by atoms with van der Waals surface area (Å²) in [5, 5.41) is 0. The molecule has 2 heteroatoms. The van der Waals surface area contributed by atoms with Crippen LogP contribution in [0.25, 0.3) is 0 Å². The van der Waals surface area contributed by atoms with E-state index in [1.54, 1.807) is 0 Å². The van der Waals surface area contributed by atoms with E-state index in [0.29, 0.717) is 6.54 Å². The first-order chi connectivity index (χ1) is 10.8.